The molecule has 1 aliphatic rings. The van der Waals surface area contributed by atoms with E-state index in [0.717, 1.165) is 16.0 Å². The van der Waals surface area contributed by atoms with Gasteiger partial charge in [0.2, 0.25) is 5.91 Å². The van der Waals surface area contributed by atoms with Crippen LogP contribution in [0.5, 0.6) is 5.75 Å². The van der Waals surface area contributed by atoms with Crippen molar-refractivity contribution in [1.29, 1.82) is 0 Å². The summed E-state index contributed by atoms with van der Waals surface area (Å²) >= 11 is 2.63. The number of ether oxygens (including phenoxy) is 1. The highest BCUT2D eigenvalue weighted by molar-refractivity contribution is 7.91. The minimum absolute atomic E-state index is 0.144. The summed E-state index contributed by atoms with van der Waals surface area (Å²) < 4.78 is 34.5. The molecule has 36 heavy (non-hydrogen) atoms. The average molecular weight is 543 g/mol. The Morgan fingerprint density at radius 1 is 1.22 bits per heavy atom. The Morgan fingerprint density at radius 2 is 2.08 bits per heavy atom. The number of hydrogen-bond acceptors (Lipinski definition) is 8. The van der Waals surface area contributed by atoms with E-state index in [-0.39, 0.29) is 19.0 Å². The number of amides is 1. The monoisotopic (exact) mass is 542 g/mol. The summed E-state index contributed by atoms with van der Waals surface area (Å²) in [6.45, 7) is 2.80. The third-order valence-electron chi connectivity index (χ3n) is 6.28. The van der Waals surface area contributed by atoms with E-state index in [0.29, 0.717) is 40.0 Å². The molecule has 1 fully saturated rings. The molecule has 4 aromatic rings. The standard InChI is InChI=1S/C25H26N4O4S3/c1-17-10-11-20(33-2)22-23(17)35-25(27-22)29(16-19-8-3-4-12-26-19)24(30)18-7-5-13-28(15-18)36(31,32)21-9-6-14-34-21/h3-4,6,8-12,14,18H,5,7,13,15-16H2,1-2H3. The lowest BCUT2D eigenvalue weighted by molar-refractivity contribution is -0.123. The van der Waals surface area contributed by atoms with E-state index < -0.39 is 15.9 Å². The summed E-state index contributed by atoms with van der Waals surface area (Å²) in [7, 11) is -2.03. The second-order valence-electron chi connectivity index (χ2n) is 8.64. The second kappa shape index (κ2) is 10.3. The highest BCUT2D eigenvalue weighted by atomic mass is 32.2. The van der Waals surface area contributed by atoms with Gasteiger partial charge in [-0.1, -0.05) is 29.5 Å². The minimum atomic E-state index is -3.63. The Kier molecular flexibility index (Phi) is 7.07. The summed E-state index contributed by atoms with van der Waals surface area (Å²) in [6.07, 6.45) is 2.92. The molecule has 0 spiro atoms. The zero-order valence-electron chi connectivity index (χ0n) is 20.0. The van der Waals surface area contributed by atoms with E-state index in [1.54, 1.807) is 35.7 Å². The molecule has 5 rings (SSSR count). The molecule has 0 aliphatic carbocycles. The van der Waals surface area contributed by atoms with Crippen molar-refractivity contribution in [3.63, 3.8) is 0 Å². The highest BCUT2D eigenvalue weighted by Crippen LogP contribution is 2.38. The third-order valence-corrected chi connectivity index (χ3v) is 10.7. The maximum Gasteiger partial charge on any atom is 0.252 e. The first-order chi connectivity index (χ1) is 17.4. The zero-order chi connectivity index (χ0) is 25.3. The molecule has 11 heteroatoms. The van der Waals surface area contributed by atoms with Crippen LogP contribution in [0.25, 0.3) is 10.2 Å². The van der Waals surface area contributed by atoms with Crippen molar-refractivity contribution in [3.8, 4) is 5.75 Å². The molecule has 1 atom stereocenters. The van der Waals surface area contributed by atoms with Crippen LogP contribution in [0, 0.1) is 12.8 Å². The second-order valence-corrected chi connectivity index (χ2v) is 12.7. The van der Waals surface area contributed by atoms with Crippen LogP contribution in [0.2, 0.25) is 0 Å². The molecule has 1 saturated heterocycles. The summed E-state index contributed by atoms with van der Waals surface area (Å²) in [4.78, 5) is 24.9. The number of benzene rings is 1. The predicted octanol–water partition coefficient (Wildman–Crippen LogP) is 4.70. The zero-order valence-corrected chi connectivity index (χ0v) is 22.4. The molecule has 1 aliphatic heterocycles. The maximum absolute atomic E-state index is 14.0. The van der Waals surface area contributed by atoms with Crippen LogP contribution in [0.15, 0.2) is 58.3 Å². The van der Waals surface area contributed by atoms with Gasteiger partial charge in [-0.25, -0.2) is 13.4 Å². The number of hydrogen-bond donors (Lipinski definition) is 0. The number of carbonyl (C=O) groups is 1. The number of thiophene rings is 1. The van der Waals surface area contributed by atoms with Crippen LogP contribution >= 0.6 is 22.7 Å². The number of nitrogens with zero attached hydrogens (tertiary/aromatic N) is 4. The van der Waals surface area contributed by atoms with Crippen molar-refractivity contribution in [3.05, 3.63) is 65.3 Å². The maximum atomic E-state index is 14.0. The molecule has 3 aromatic heterocycles. The lowest BCUT2D eigenvalue weighted by Crippen LogP contribution is -2.46. The first-order valence-corrected chi connectivity index (χ1v) is 14.7. The summed E-state index contributed by atoms with van der Waals surface area (Å²) in [5.74, 6) is 0.0174. The molecule has 0 bridgehead atoms. The molecule has 1 amide bonds. The lowest BCUT2D eigenvalue weighted by atomic mass is 9.98. The fourth-order valence-corrected chi connectivity index (χ4v) is 8.12. The van der Waals surface area contributed by atoms with Crippen molar-refractivity contribution in [2.75, 3.05) is 25.1 Å². The number of anilines is 1. The smallest absolute Gasteiger partial charge is 0.252 e. The highest BCUT2D eigenvalue weighted by Gasteiger charge is 2.37. The van der Waals surface area contributed by atoms with Gasteiger partial charge in [0.15, 0.2) is 5.13 Å². The Hall–Kier alpha value is -2.86. The number of thiazole rings is 1. The van der Waals surface area contributed by atoms with E-state index >= 15 is 0 Å². The Bertz CT molecular complexity index is 1470. The molecule has 1 unspecified atom stereocenters. The number of pyridine rings is 1. The fourth-order valence-electron chi connectivity index (χ4n) is 4.39. The fraction of sp³-hybridized carbons (Fsp3) is 0.320. The van der Waals surface area contributed by atoms with Crippen LogP contribution in [-0.4, -0.2) is 48.8 Å². The number of carbonyl (C=O) groups excluding carboxylic acids is 1. The van der Waals surface area contributed by atoms with Crippen molar-refractivity contribution < 1.29 is 17.9 Å². The van der Waals surface area contributed by atoms with Crippen LogP contribution < -0.4 is 9.64 Å². The van der Waals surface area contributed by atoms with E-state index in [2.05, 4.69) is 4.98 Å². The van der Waals surface area contributed by atoms with E-state index in [9.17, 15) is 13.2 Å². The number of rotatable bonds is 7. The van der Waals surface area contributed by atoms with Crippen LogP contribution in [0.1, 0.15) is 24.1 Å². The first-order valence-electron chi connectivity index (χ1n) is 11.6. The Morgan fingerprint density at radius 3 is 2.81 bits per heavy atom. The van der Waals surface area contributed by atoms with Gasteiger partial charge in [-0.3, -0.25) is 14.7 Å². The number of piperidine rings is 1. The number of aryl methyl sites for hydroxylation is 1. The molecule has 0 N–H and O–H groups in total. The topological polar surface area (TPSA) is 92.7 Å². The van der Waals surface area contributed by atoms with Gasteiger partial charge >= 0.3 is 0 Å². The van der Waals surface area contributed by atoms with Gasteiger partial charge in [0, 0.05) is 19.3 Å². The third kappa shape index (κ3) is 4.75. The van der Waals surface area contributed by atoms with Gasteiger partial charge in [-0.15, -0.1) is 11.3 Å². The molecule has 0 radical (unpaired) electrons. The summed E-state index contributed by atoms with van der Waals surface area (Å²) in [6, 6.07) is 12.8. The van der Waals surface area contributed by atoms with Gasteiger partial charge in [0.25, 0.3) is 10.0 Å². The van der Waals surface area contributed by atoms with E-state index in [1.807, 2.05) is 37.3 Å². The largest absolute Gasteiger partial charge is 0.494 e. The van der Waals surface area contributed by atoms with E-state index in [4.69, 9.17) is 9.72 Å². The Labute approximate surface area is 218 Å². The summed E-state index contributed by atoms with van der Waals surface area (Å²) in [5.41, 5.74) is 2.49. The van der Waals surface area contributed by atoms with Gasteiger partial charge in [0.1, 0.15) is 15.5 Å². The van der Waals surface area contributed by atoms with Gasteiger partial charge in [0.05, 0.1) is 30.0 Å². The minimum Gasteiger partial charge on any atom is -0.494 e. The summed E-state index contributed by atoms with van der Waals surface area (Å²) in [5, 5.41) is 2.30. The molecule has 188 valence electrons. The average Bonchev–Trinajstić information content (AvgIpc) is 3.60. The molecular formula is C25H26N4O4S3. The Balaban J connectivity index is 1.49. The van der Waals surface area contributed by atoms with Crippen LogP contribution in [0.4, 0.5) is 5.13 Å². The first kappa shape index (κ1) is 24.8. The van der Waals surface area contributed by atoms with Crippen LogP contribution in [-0.2, 0) is 21.4 Å². The van der Waals surface area contributed by atoms with Crippen LogP contribution in [0.3, 0.4) is 0 Å². The van der Waals surface area contributed by atoms with Gasteiger partial charge in [-0.05, 0) is 55.0 Å². The molecule has 8 nitrogen and oxygen atoms in total. The number of sulfonamides is 1. The normalized spacial score (nSPS) is 16.8. The lowest BCUT2D eigenvalue weighted by Gasteiger charge is -2.33. The molecule has 1 aromatic carbocycles. The predicted molar refractivity (Wildman–Crippen MR) is 142 cm³/mol. The van der Waals surface area contributed by atoms with Gasteiger partial charge < -0.3 is 4.74 Å². The van der Waals surface area contributed by atoms with Crippen molar-refractivity contribution >= 4 is 54.0 Å². The molecular weight excluding hydrogens is 517 g/mol. The number of aromatic nitrogens is 2. The van der Waals surface area contributed by atoms with E-state index in [1.165, 1.54) is 27.0 Å². The van der Waals surface area contributed by atoms with Crippen molar-refractivity contribution in [2.45, 2.75) is 30.5 Å². The van der Waals surface area contributed by atoms with Gasteiger partial charge in [-0.2, -0.15) is 4.31 Å². The SMILES string of the molecule is COc1ccc(C)c2sc(N(Cc3ccccn3)C(=O)C3CCCN(S(=O)(=O)c4cccs4)C3)nc12. The quantitative estimate of drug-likeness (QED) is 0.336. The molecule has 0 saturated carbocycles. The van der Waals surface area contributed by atoms with Crippen molar-refractivity contribution in [1.82, 2.24) is 14.3 Å². The van der Waals surface area contributed by atoms with Crippen molar-refractivity contribution in [2.24, 2.45) is 5.92 Å². The molecule has 4 heterocycles. The number of fused-ring (bicyclic) bond motifs is 1. The number of methoxy groups -OCH3 is 1.